The summed E-state index contributed by atoms with van der Waals surface area (Å²) in [5.41, 5.74) is 5.37. The van der Waals surface area contributed by atoms with Gasteiger partial charge in [-0.25, -0.2) is 0 Å². The molecule has 0 radical (unpaired) electrons. The van der Waals surface area contributed by atoms with Crippen molar-refractivity contribution in [3.05, 3.63) is 0 Å². The molecule has 1 amide bonds. The standard InChI is InChI=1S/C9H18N4O2/c1-6(5-8(10)13-15)12-7-3-2-4-11-9(7)14/h6-7,12,15H,2-5H2,1H3,(H2,10,13)(H,11,14). The Hall–Kier alpha value is -1.30. The highest BCUT2D eigenvalue weighted by Gasteiger charge is 2.23. The largest absolute Gasteiger partial charge is 0.409 e. The lowest BCUT2D eigenvalue weighted by Crippen LogP contribution is -2.51. The van der Waals surface area contributed by atoms with Crippen molar-refractivity contribution < 1.29 is 10.0 Å². The number of nitrogens with two attached hydrogens (primary N) is 1. The molecule has 86 valence electrons. The van der Waals surface area contributed by atoms with Crippen LogP contribution in [0.4, 0.5) is 0 Å². The number of hydrogen-bond donors (Lipinski definition) is 4. The molecular formula is C9H18N4O2. The molecule has 0 spiro atoms. The first-order chi connectivity index (χ1) is 7.13. The molecule has 0 aliphatic carbocycles. The van der Waals surface area contributed by atoms with Crippen LogP contribution in [-0.2, 0) is 4.79 Å². The Bertz CT molecular complexity index is 254. The minimum Gasteiger partial charge on any atom is -0.409 e. The van der Waals surface area contributed by atoms with Crippen molar-refractivity contribution in [2.45, 2.75) is 38.3 Å². The monoisotopic (exact) mass is 214 g/mol. The van der Waals surface area contributed by atoms with Gasteiger partial charge in [-0.15, -0.1) is 0 Å². The fourth-order valence-electron chi connectivity index (χ4n) is 1.69. The van der Waals surface area contributed by atoms with Gasteiger partial charge in [-0.3, -0.25) is 4.79 Å². The van der Waals surface area contributed by atoms with E-state index in [-0.39, 0.29) is 23.8 Å². The third kappa shape index (κ3) is 3.75. The van der Waals surface area contributed by atoms with Crippen molar-refractivity contribution in [1.82, 2.24) is 10.6 Å². The molecule has 1 heterocycles. The summed E-state index contributed by atoms with van der Waals surface area (Å²) in [6, 6.07) is -0.130. The van der Waals surface area contributed by atoms with Crippen LogP contribution in [0.3, 0.4) is 0 Å². The van der Waals surface area contributed by atoms with Gasteiger partial charge < -0.3 is 21.6 Å². The smallest absolute Gasteiger partial charge is 0.237 e. The second-order valence-electron chi connectivity index (χ2n) is 3.85. The number of hydrogen-bond acceptors (Lipinski definition) is 4. The molecule has 2 unspecified atom stereocenters. The van der Waals surface area contributed by atoms with Crippen LogP contribution in [0.5, 0.6) is 0 Å². The highest BCUT2D eigenvalue weighted by atomic mass is 16.4. The fraction of sp³-hybridized carbons (Fsp3) is 0.778. The summed E-state index contributed by atoms with van der Waals surface area (Å²) >= 11 is 0. The molecule has 1 rings (SSSR count). The zero-order valence-corrected chi connectivity index (χ0v) is 8.86. The van der Waals surface area contributed by atoms with Crippen LogP contribution in [-0.4, -0.2) is 35.6 Å². The summed E-state index contributed by atoms with van der Waals surface area (Å²) in [7, 11) is 0. The predicted molar refractivity (Wildman–Crippen MR) is 56.7 cm³/mol. The second kappa shape index (κ2) is 5.55. The summed E-state index contributed by atoms with van der Waals surface area (Å²) in [5.74, 6) is 0.207. The van der Waals surface area contributed by atoms with Gasteiger partial charge >= 0.3 is 0 Å². The van der Waals surface area contributed by atoms with Crippen LogP contribution < -0.4 is 16.4 Å². The molecule has 1 aliphatic heterocycles. The lowest BCUT2D eigenvalue weighted by atomic mass is 10.1. The number of nitrogens with one attached hydrogen (secondary N) is 2. The fourth-order valence-corrected chi connectivity index (χ4v) is 1.69. The van der Waals surface area contributed by atoms with Crippen molar-refractivity contribution in [3.8, 4) is 0 Å². The van der Waals surface area contributed by atoms with Gasteiger partial charge in [0.25, 0.3) is 0 Å². The quantitative estimate of drug-likeness (QED) is 0.217. The topological polar surface area (TPSA) is 99.7 Å². The first-order valence-electron chi connectivity index (χ1n) is 5.13. The first-order valence-corrected chi connectivity index (χ1v) is 5.13. The highest BCUT2D eigenvalue weighted by molar-refractivity contribution is 5.83. The third-order valence-corrected chi connectivity index (χ3v) is 2.41. The minimum absolute atomic E-state index is 0.0229. The number of nitrogens with zero attached hydrogens (tertiary/aromatic N) is 1. The number of rotatable bonds is 4. The average Bonchev–Trinajstić information content (AvgIpc) is 2.21. The Morgan fingerprint density at radius 2 is 2.60 bits per heavy atom. The van der Waals surface area contributed by atoms with Crippen LogP contribution >= 0.6 is 0 Å². The first kappa shape index (κ1) is 11.8. The average molecular weight is 214 g/mol. The highest BCUT2D eigenvalue weighted by Crippen LogP contribution is 2.05. The van der Waals surface area contributed by atoms with E-state index in [0.29, 0.717) is 6.42 Å². The van der Waals surface area contributed by atoms with Crippen LogP contribution in [0, 0.1) is 0 Å². The summed E-state index contributed by atoms with van der Waals surface area (Å²) in [6.07, 6.45) is 2.26. The van der Waals surface area contributed by atoms with E-state index in [1.165, 1.54) is 0 Å². The Balaban J connectivity index is 2.36. The molecule has 1 saturated heterocycles. The van der Waals surface area contributed by atoms with E-state index in [1.807, 2.05) is 6.92 Å². The van der Waals surface area contributed by atoms with E-state index < -0.39 is 0 Å². The molecule has 15 heavy (non-hydrogen) atoms. The summed E-state index contributed by atoms with van der Waals surface area (Å²) in [4.78, 5) is 11.4. The van der Waals surface area contributed by atoms with Crippen LogP contribution in [0.2, 0.25) is 0 Å². The van der Waals surface area contributed by atoms with Gasteiger partial charge in [-0.1, -0.05) is 5.16 Å². The molecule has 6 heteroatoms. The molecule has 0 bridgehead atoms. The zero-order chi connectivity index (χ0) is 11.3. The van der Waals surface area contributed by atoms with Crippen molar-refractivity contribution in [3.63, 3.8) is 0 Å². The van der Waals surface area contributed by atoms with E-state index in [9.17, 15) is 4.79 Å². The van der Waals surface area contributed by atoms with Crippen LogP contribution in [0.1, 0.15) is 26.2 Å². The molecule has 0 saturated carbocycles. The summed E-state index contributed by atoms with van der Waals surface area (Å²) in [5, 5.41) is 17.2. The Morgan fingerprint density at radius 1 is 1.87 bits per heavy atom. The molecule has 0 aromatic heterocycles. The van der Waals surface area contributed by atoms with E-state index >= 15 is 0 Å². The second-order valence-corrected chi connectivity index (χ2v) is 3.85. The predicted octanol–water partition coefficient (Wildman–Crippen LogP) is -0.620. The number of carbonyl (C=O) groups is 1. The van der Waals surface area contributed by atoms with Gasteiger partial charge in [-0.2, -0.15) is 0 Å². The van der Waals surface area contributed by atoms with E-state index in [4.69, 9.17) is 10.9 Å². The molecule has 1 aliphatic rings. The Morgan fingerprint density at radius 3 is 3.20 bits per heavy atom. The lowest BCUT2D eigenvalue weighted by Gasteiger charge is -2.25. The SMILES string of the molecule is CC(CC(N)=NO)NC1CCCNC1=O. The van der Waals surface area contributed by atoms with Gasteiger partial charge in [0.15, 0.2) is 0 Å². The van der Waals surface area contributed by atoms with Gasteiger partial charge in [-0.05, 0) is 19.8 Å². The van der Waals surface area contributed by atoms with E-state index in [0.717, 1.165) is 19.4 Å². The van der Waals surface area contributed by atoms with Crippen molar-refractivity contribution in [1.29, 1.82) is 0 Å². The molecule has 1 fully saturated rings. The van der Waals surface area contributed by atoms with Crippen molar-refractivity contribution in [2.75, 3.05) is 6.54 Å². The van der Waals surface area contributed by atoms with Gasteiger partial charge in [0.2, 0.25) is 5.91 Å². The number of oxime groups is 1. The molecule has 6 nitrogen and oxygen atoms in total. The van der Waals surface area contributed by atoms with Crippen LogP contribution in [0.25, 0.3) is 0 Å². The summed E-state index contributed by atoms with van der Waals surface area (Å²) < 4.78 is 0. The van der Waals surface area contributed by atoms with E-state index in [1.54, 1.807) is 0 Å². The number of amidine groups is 1. The van der Waals surface area contributed by atoms with Crippen molar-refractivity contribution >= 4 is 11.7 Å². The Kier molecular flexibility index (Phi) is 4.36. The van der Waals surface area contributed by atoms with Crippen molar-refractivity contribution in [2.24, 2.45) is 10.9 Å². The van der Waals surface area contributed by atoms with Gasteiger partial charge in [0.1, 0.15) is 5.84 Å². The molecule has 0 aromatic carbocycles. The Labute approximate surface area is 88.9 Å². The summed E-state index contributed by atoms with van der Waals surface area (Å²) in [6.45, 7) is 2.66. The zero-order valence-electron chi connectivity index (χ0n) is 8.86. The molecule has 5 N–H and O–H groups in total. The van der Waals surface area contributed by atoms with E-state index in [2.05, 4.69) is 15.8 Å². The third-order valence-electron chi connectivity index (χ3n) is 2.41. The molecular weight excluding hydrogens is 196 g/mol. The minimum atomic E-state index is -0.153. The normalized spacial score (nSPS) is 24.7. The maximum Gasteiger partial charge on any atom is 0.237 e. The van der Waals surface area contributed by atoms with Gasteiger partial charge in [0.05, 0.1) is 6.04 Å². The number of carbonyl (C=O) groups excluding carboxylic acids is 1. The van der Waals surface area contributed by atoms with Crippen LogP contribution in [0.15, 0.2) is 5.16 Å². The number of amides is 1. The maximum atomic E-state index is 11.4. The molecule has 2 atom stereocenters. The number of piperidine rings is 1. The van der Waals surface area contributed by atoms with Gasteiger partial charge in [0, 0.05) is 19.0 Å². The lowest BCUT2D eigenvalue weighted by molar-refractivity contribution is -0.124. The molecule has 0 aromatic rings. The maximum absolute atomic E-state index is 11.4.